The molecule has 2 N–H and O–H groups in total. The Morgan fingerprint density at radius 3 is 2.68 bits per heavy atom. The highest BCUT2D eigenvalue weighted by molar-refractivity contribution is 7.53. The Balaban J connectivity index is 1.76. The number of hydrogen-bond acceptors (Lipinski definition) is 8. The fourth-order valence-electron chi connectivity index (χ4n) is 2.63. The monoisotopic (exact) mass is 425 g/mol. The highest BCUT2D eigenvalue weighted by atomic mass is 35.5. The summed E-state index contributed by atoms with van der Waals surface area (Å²) < 4.78 is 30.5. The van der Waals surface area contributed by atoms with Crippen molar-refractivity contribution in [2.45, 2.75) is 20.4 Å². The molecule has 0 fully saturated rings. The second-order valence-electron chi connectivity index (χ2n) is 5.78. The van der Waals surface area contributed by atoms with Gasteiger partial charge in [-0.15, -0.1) is 0 Å². The lowest BCUT2D eigenvalue weighted by molar-refractivity contribution is 0.197. The molecule has 0 radical (unpaired) electrons. The summed E-state index contributed by atoms with van der Waals surface area (Å²) in [6, 6.07) is 7.37. The Kier molecular flexibility index (Phi) is 6.51. The summed E-state index contributed by atoms with van der Waals surface area (Å²) in [6.07, 6.45) is 1.46. The van der Waals surface area contributed by atoms with Gasteiger partial charge in [0, 0.05) is 0 Å². The van der Waals surface area contributed by atoms with Gasteiger partial charge in [0.15, 0.2) is 17.1 Å². The lowest BCUT2D eigenvalue weighted by Gasteiger charge is -2.17. The molecule has 0 aliphatic rings. The number of anilines is 1. The van der Waals surface area contributed by atoms with Gasteiger partial charge in [0.05, 0.1) is 26.1 Å². The molecule has 0 amide bonds. The third-order valence-electron chi connectivity index (χ3n) is 3.73. The SMILES string of the molecule is CCOP(=O)(COc1cccc(Cn2cnc3c(Cl)nc(N)nc32)c1)OCC. The highest BCUT2D eigenvalue weighted by Crippen LogP contribution is 2.47. The summed E-state index contributed by atoms with van der Waals surface area (Å²) in [6.45, 7) is 4.54. The number of benzene rings is 1. The first kappa shape index (κ1) is 20.5. The maximum Gasteiger partial charge on any atom is 0.367 e. The van der Waals surface area contributed by atoms with E-state index in [0.29, 0.717) is 23.5 Å². The number of nitrogens with zero attached hydrogens (tertiary/aromatic N) is 4. The van der Waals surface area contributed by atoms with Crippen LogP contribution < -0.4 is 10.5 Å². The van der Waals surface area contributed by atoms with Gasteiger partial charge in [-0.25, -0.2) is 4.98 Å². The average molecular weight is 426 g/mol. The first-order valence-electron chi connectivity index (χ1n) is 8.68. The average Bonchev–Trinajstić information content (AvgIpc) is 3.04. The van der Waals surface area contributed by atoms with Crippen LogP contribution in [0.25, 0.3) is 11.2 Å². The number of nitrogen functional groups attached to an aromatic ring is 1. The molecule has 0 unspecified atom stereocenters. The molecular weight excluding hydrogens is 405 g/mol. The van der Waals surface area contributed by atoms with Crippen LogP contribution in [0.5, 0.6) is 5.75 Å². The Labute approximate surface area is 167 Å². The number of imidazole rings is 1. The molecule has 9 nitrogen and oxygen atoms in total. The van der Waals surface area contributed by atoms with Crippen molar-refractivity contribution in [3.63, 3.8) is 0 Å². The molecule has 1 aromatic carbocycles. The second kappa shape index (κ2) is 8.87. The molecule has 28 heavy (non-hydrogen) atoms. The lowest BCUT2D eigenvalue weighted by Crippen LogP contribution is -2.06. The minimum Gasteiger partial charge on any atom is -0.481 e. The van der Waals surface area contributed by atoms with Gasteiger partial charge in [-0.2, -0.15) is 9.97 Å². The molecule has 11 heteroatoms. The molecule has 0 spiro atoms. The van der Waals surface area contributed by atoms with Crippen LogP contribution in [0.4, 0.5) is 5.95 Å². The van der Waals surface area contributed by atoms with Crippen LogP contribution in [0.3, 0.4) is 0 Å². The minimum atomic E-state index is -3.28. The number of hydrogen-bond donors (Lipinski definition) is 1. The zero-order valence-corrected chi connectivity index (χ0v) is 17.2. The predicted molar refractivity (Wildman–Crippen MR) is 107 cm³/mol. The molecule has 0 saturated heterocycles. The van der Waals surface area contributed by atoms with E-state index in [9.17, 15) is 4.57 Å². The van der Waals surface area contributed by atoms with Crippen LogP contribution in [-0.2, 0) is 20.2 Å². The van der Waals surface area contributed by atoms with E-state index in [4.69, 9.17) is 31.1 Å². The van der Waals surface area contributed by atoms with Crippen molar-refractivity contribution in [3.8, 4) is 5.75 Å². The van der Waals surface area contributed by atoms with Gasteiger partial charge in [-0.3, -0.25) is 4.57 Å². The second-order valence-corrected chi connectivity index (χ2v) is 8.14. The third kappa shape index (κ3) is 4.80. The third-order valence-corrected chi connectivity index (χ3v) is 5.74. The predicted octanol–water partition coefficient (Wildman–Crippen LogP) is 3.71. The van der Waals surface area contributed by atoms with Crippen molar-refractivity contribution in [1.29, 1.82) is 0 Å². The maximum atomic E-state index is 12.5. The summed E-state index contributed by atoms with van der Waals surface area (Å²) in [4.78, 5) is 12.3. The van der Waals surface area contributed by atoms with Gasteiger partial charge in [0.25, 0.3) is 0 Å². The number of rotatable bonds is 9. The highest BCUT2D eigenvalue weighted by Gasteiger charge is 2.24. The molecule has 150 valence electrons. The lowest BCUT2D eigenvalue weighted by atomic mass is 10.2. The van der Waals surface area contributed by atoms with E-state index in [2.05, 4.69) is 15.0 Å². The Bertz CT molecular complexity index is 1000. The van der Waals surface area contributed by atoms with Crippen LogP contribution in [-0.4, -0.2) is 39.1 Å². The van der Waals surface area contributed by atoms with E-state index in [1.807, 2.05) is 22.8 Å². The van der Waals surface area contributed by atoms with E-state index in [-0.39, 0.29) is 30.7 Å². The topological polar surface area (TPSA) is 114 Å². The Morgan fingerprint density at radius 2 is 1.96 bits per heavy atom. The molecule has 0 aliphatic heterocycles. The largest absolute Gasteiger partial charge is 0.481 e. The van der Waals surface area contributed by atoms with Crippen molar-refractivity contribution in [2.75, 3.05) is 25.3 Å². The van der Waals surface area contributed by atoms with Gasteiger partial charge < -0.3 is 24.1 Å². The maximum absolute atomic E-state index is 12.5. The zero-order chi connectivity index (χ0) is 20.1. The summed E-state index contributed by atoms with van der Waals surface area (Å²) >= 11 is 6.06. The molecule has 3 aromatic rings. The number of nitrogens with two attached hydrogens (primary N) is 1. The number of aromatic nitrogens is 4. The van der Waals surface area contributed by atoms with Crippen molar-refractivity contribution < 1.29 is 18.3 Å². The molecular formula is C17H21ClN5O4P. The first-order chi connectivity index (χ1) is 13.4. The van der Waals surface area contributed by atoms with E-state index in [1.165, 1.54) is 0 Å². The minimum absolute atomic E-state index is 0.0823. The van der Waals surface area contributed by atoms with E-state index >= 15 is 0 Å². The fraction of sp³-hybridized carbons (Fsp3) is 0.353. The number of halogens is 1. The van der Waals surface area contributed by atoms with Gasteiger partial charge in [0.2, 0.25) is 5.95 Å². The summed E-state index contributed by atoms with van der Waals surface area (Å²) in [5.41, 5.74) is 7.63. The van der Waals surface area contributed by atoms with Gasteiger partial charge >= 0.3 is 7.60 Å². The quantitative estimate of drug-likeness (QED) is 0.407. The van der Waals surface area contributed by atoms with Crippen LogP contribution in [0.1, 0.15) is 19.4 Å². The smallest absolute Gasteiger partial charge is 0.367 e. The van der Waals surface area contributed by atoms with Crippen LogP contribution in [0, 0.1) is 0 Å². The summed E-state index contributed by atoms with van der Waals surface area (Å²) in [5.74, 6) is 0.632. The number of fused-ring (bicyclic) bond motifs is 1. The van der Waals surface area contributed by atoms with Crippen molar-refractivity contribution in [2.24, 2.45) is 0 Å². The molecule has 0 bridgehead atoms. The van der Waals surface area contributed by atoms with Gasteiger partial charge in [0.1, 0.15) is 11.3 Å². The normalized spacial score (nSPS) is 11.8. The van der Waals surface area contributed by atoms with Gasteiger partial charge in [-0.05, 0) is 31.5 Å². The van der Waals surface area contributed by atoms with E-state index in [0.717, 1.165) is 5.56 Å². The standard InChI is InChI=1S/C17H21ClN5O4P/c1-3-26-28(24,27-4-2)11-25-13-7-5-6-12(8-13)9-23-10-20-14-15(18)21-17(19)22-16(14)23/h5-8,10H,3-4,9,11H2,1-2H3,(H2,19,21,22). The van der Waals surface area contributed by atoms with Crippen molar-refractivity contribution >= 4 is 36.3 Å². The summed E-state index contributed by atoms with van der Waals surface area (Å²) in [7, 11) is -3.28. The Morgan fingerprint density at radius 1 is 1.21 bits per heavy atom. The van der Waals surface area contributed by atoms with Crippen molar-refractivity contribution in [1.82, 2.24) is 19.5 Å². The van der Waals surface area contributed by atoms with Gasteiger partial charge in [-0.1, -0.05) is 23.7 Å². The van der Waals surface area contributed by atoms with Crippen LogP contribution in [0.15, 0.2) is 30.6 Å². The zero-order valence-electron chi connectivity index (χ0n) is 15.5. The molecule has 0 saturated carbocycles. The molecule has 0 aliphatic carbocycles. The number of ether oxygens (including phenoxy) is 1. The molecule has 3 rings (SSSR count). The first-order valence-corrected chi connectivity index (χ1v) is 10.8. The van der Waals surface area contributed by atoms with Crippen LogP contribution >= 0.6 is 19.2 Å². The van der Waals surface area contributed by atoms with E-state index in [1.54, 1.807) is 26.2 Å². The van der Waals surface area contributed by atoms with Crippen LogP contribution in [0.2, 0.25) is 5.15 Å². The fourth-order valence-corrected chi connectivity index (χ4v) is 4.17. The Hall–Kier alpha value is -2.19. The molecule has 2 heterocycles. The molecule has 0 atom stereocenters. The molecule has 2 aromatic heterocycles. The van der Waals surface area contributed by atoms with E-state index < -0.39 is 7.60 Å². The van der Waals surface area contributed by atoms with Crippen molar-refractivity contribution in [3.05, 3.63) is 41.3 Å². The summed E-state index contributed by atoms with van der Waals surface area (Å²) in [5, 5.41) is 0.209.